The molecule has 1 aliphatic carbocycles. The van der Waals surface area contributed by atoms with Crippen LogP contribution in [0.4, 0.5) is 0 Å². The van der Waals surface area contributed by atoms with Crippen molar-refractivity contribution in [1.29, 1.82) is 0 Å². The molecular weight excluding hydrogens is 188 g/mol. The molecule has 1 aliphatic rings. The molecule has 0 aromatic carbocycles. The van der Waals surface area contributed by atoms with Gasteiger partial charge in [-0.15, -0.1) is 0 Å². The molecule has 1 atom stereocenters. The van der Waals surface area contributed by atoms with E-state index in [0.29, 0.717) is 6.04 Å². The molecule has 15 heavy (non-hydrogen) atoms. The average molecular weight is 208 g/mol. The summed E-state index contributed by atoms with van der Waals surface area (Å²) in [6.07, 6.45) is 4.96. The van der Waals surface area contributed by atoms with Crippen molar-refractivity contribution < 1.29 is 0 Å². The van der Waals surface area contributed by atoms with E-state index >= 15 is 0 Å². The third kappa shape index (κ3) is 2.21. The molecule has 1 fully saturated rings. The topological polar surface area (TPSA) is 55.9 Å². The molecule has 0 bridgehead atoms. The van der Waals surface area contributed by atoms with E-state index in [4.69, 9.17) is 5.84 Å². The van der Waals surface area contributed by atoms with Gasteiger partial charge in [-0.1, -0.05) is 6.42 Å². The van der Waals surface area contributed by atoms with Gasteiger partial charge in [-0.3, -0.25) is 16.0 Å². The number of nitrogens with two attached hydrogens (primary N) is 1. The first-order valence-corrected chi connectivity index (χ1v) is 5.66. The summed E-state index contributed by atoms with van der Waals surface area (Å²) in [6, 6.07) is 2.55. The Bertz CT molecular complexity index is 327. The summed E-state index contributed by atoms with van der Waals surface area (Å²) < 4.78 is 1.96. The van der Waals surface area contributed by atoms with Crippen molar-refractivity contribution >= 4 is 0 Å². The molecule has 0 spiro atoms. The predicted octanol–water partition coefficient (Wildman–Crippen LogP) is 0.903. The Hall–Kier alpha value is -0.870. The molecule has 3 N–H and O–H groups in total. The zero-order valence-electron chi connectivity index (χ0n) is 9.53. The number of aromatic nitrogens is 2. The molecule has 4 nitrogen and oxygen atoms in total. The molecule has 1 aromatic rings. The Morgan fingerprint density at radius 2 is 2.40 bits per heavy atom. The van der Waals surface area contributed by atoms with Crippen LogP contribution in [0.2, 0.25) is 0 Å². The van der Waals surface area contributed by atoms with Crippen LogP contribution in [0.3, 0.4) is 0 Å². The fourth-order valence-corrected chi connectivity index (χ4v) is 2.28. The highest BCUT2D eigenvalue weighted by atomic mass is 15.3. The SMILES string of the molecule is Cc1cc(CC(NN)C2CCC2)n(C)n1. The molecule has 84 valence electrons. The van der Waals surface area contributed by atoms with E-state index in [0.717, 1.165) is 18.0 Å². The minimum absolute atomic E-state index is 0.411. The van der Waals surface area contributed by atoms with Crippen molar-refractivity contribution in [2.24, 2.45) is 18.8 Å². The van der Waals surface area contributed by atoms with Crippen LogP contribution in [-0.4, -0.2) is 15.8 Å². The van der Waals surface area contributed by atoms with Gasteiger partial charge in [0.1, 0.15) is 0 Å². The quantitative estimate of drug-likeness (QED) is 0.571. The number of nitrogens with zero attached hydrogens (tertiary/aromatic N) is 2. The van der Waals surface area contributed by atoms with E-state index in [9.17, 15) is 0 Å². The van der Waals surface area contributed by atoms with Crippen molar-refractivity contribution in [2.45, 2.75) is 38.6 Å². The smallest absolute Gasteiger partial charge is 0.0596 e. The number of aryl methyl sites for hydroxylation is 2. The third-order valence-electron chi connectivity index (χ3n) is 3.46. The van der Waals surface area contributed by atoms with Crippen LogP contribution in [0.1, 0.15) is 30.7 Å². The number of nitrogens with one attached hydrogen (secondary N) is 1. The van der Waals surface area contributed by atoms with Crippen LogP contribution >= 0.6 is 0 Å². The Labute approximate surface area is 90.8 Å². The van der Waals surface area contributed by atoms with Crippen LogP contribution < -0.4 is 11.3 Å². The first-order chi connectivity index (χ1) is 7.20. The molecule has 0 radical (unpaired) electrons. The van der Waals surface area contributed by atoms with E-state index < -0.39 is 0 Å². The van der Waals surface area contributed by atoms with Crippen molar-refractivity contribution in [3.05, 3.63) is 17.5 Å². The van der Waals surface area contributed by atoms with Crippen molar-refractivity contribution in [1.82, 2.24) is 15.2 Å². The van der Waals surface area contributed by atoms with Crippen LogP contribution in [-0.2, 0) is 13.5 Å². The Morgan fingerprint density at radius 3 is 2.80 bits per heavy atom. The molecular formula is C11H20N4. The van der Waals surface area contributed by atoms with Gasteiger partial charge >= 0.3 is 0 Å². The predicted molar refractivity (Wildman–Crippen MR) is 60.1 cm³/mol. The van der Waals surface area contributed by atoms with Gasteiger partial charge in [-0.2, -0.15) is 5.10 Å². The molecule has 1 saturated carbocycles. The largest absolute Gasteiger partial charge is 0.272 e. The van der Waals surface area contributed by atoms with Gasteiger partial charge in [-0.05, 0) is 31.7 Å². The Kier molecular flexibility index (Phi) is 3.07. The highest BCUT2D eigenvalue weighted by molar-refractivity contribution is 5.10. The van der Waals surface area contributed by atoms with Crippen molar-refractivity contribution in [3.63, 3.8) is 0 Å². The number of hydrazine groups is 1. The second-order valence-electron chi connectivity index (χ2n) is 4.57. The van der Waals surface area contributed by atoms with Crippen LogP contribution in [0.25, 0.3) is 0 Å². The first-order valence-electron chi connectivity index (χ1n) is 5.66. The second kappa shape index (κ2) is 4.33. The second-order valence-corrected chi connectivity index (χ2v) is 4.57. The van der Waals surface area contributed by atoms with E-state index in [1.165, 1.54) is 25.0 Å². The maximum atomic E-state index is 5.61. The fourth-order valence-electron chi connectivity index (χ4n) is 2.28. The molecule has 1 aromatic heterocycles. The summed E-state index contributed by atoms with van der Waals surface area (Å²) in [7, 11) is 2.00. The fraction of sp³-hybridized carbons (Fsp3) is 0.727. The number of rotatable bonds is 4. The summed E-state index contributed by atoms with van der Waals surface area (Å²) in [5.74, 6) is 6.36. The molecule has 2 rings (SSSR count). The normalized spacial score (nSPS) is 18.9. The lowest BCUT2D eigenvalue weighted by Crippen LogP contribution is -2.45. The van der Waals surface area contributed by atoms with Crippen molar-refractivity contribution in [3.8, 4) is 0 Å². The van der Waals surface area contributed by atoms with E-state index in [2.05, 4.69) is 16.6 Å². The van der Waals surface area contributed by atoms with Crippen LogP contribution in [0, 0.1) is 12.8 Å². The lowest BCUT2D eigenvalue weighted by atomic mass is 9.78. The molecule has 0 amide bonds. The Balaban J connectivity index is 2.02. The third-order valence-corrected chi connectivity index (χ3v) is 3.46. The minimum Gasteiger partial charge on any atom is -0.272 e. The van der Waals surface area contributed by atoms with Crippen molar-refractivity contribution in [2.75, 3.05) is 0 Å². The number of hydrogen-bond acceptors (Lipinski definition) is 3. The van der Waals surface area contributed by atoms with Gasteiger partial charge in [-0.25, -0.2) is 0 Å². The summed E-state index contributed by atoms with van der Waals surface area (Å²) in [5, 5.41) is 4.35. The van der Waals surface area contributed by atoms with Gasteiger partial charge in [0, 0.05) is 25.2 Å². The maximum Gasteiger partial charge on any atom is 0.0596 e. The summed E-state index contributed by atoms with van der Waals surface area (Å²) in [4.78, 5) is 0. The van der Waals surface area contributed by atoms with Gasteiger partial charge < -0.3 is 0 Å². The zero-order chi connectivity index (χ0) is 10.8. The maximum absolute atomic E-state index is 5.61. The molecule has 1 unspecified atom stereocenters. The minimum atomic E-state index is 0.411. The summed E-state index contributed by atoms with van der Waals surface area (Å²) >= 11 is 0. The summed E-state index contributed by atoms with van der Waals surface area (Å²) in [5.41, 5.74) is 5.29. The highest BCUT2D eigenvalue weighted by Gasteiger charge is 2.27. The standard InChI is InChI=1S/C11H20N4/c1-8-6-10(15(2)14-8)7-11(13-12)9-4-3-5-9/h6,9,11,13H,3-5,7,12H2,1-2H3. The Morgan fingerprint density at radius 1 is 1.67 bits per heavy atom. The first kappa shape index (κ1) is 10.6. The molecule has 4 heteroatoms. The van der Waals surface area contributed by atoms with Gasteiger partial charge in [0.25, 0.3) is 0 Å². The monoisotopic (exact) mass is 208 g/mol. The number of hydrogen-bond donors (Lipinski definition) is 2. The zero-order valence-corrected chi connectivity index (χ0v) is 9.53. The average Bonchev–Trinajstić information content (AvgIpc) is 2.41. The lowest BCUT2D eigenvalue weighted by molar-refractivity contribution is 0.226. The molecule has 1 heterocycles. The van der Waals surface area contributed by atoms with E-state index in [1.54, 1.807) is 0 Å². The van der Waals surface area contributed by atoms with Crippen LogP contribution in [0.5, 0.6) is 0 Å². The molecule has 0 saturated heterocycles. The van der Waals surface area contributed by atoms with Crippen LogP contribution in [0.15, 0.2) is 6.07 Å². The van der Waals surface area contributed by atoms with Gasteiger partial charge in [0.2, 0.25) is 0 Å². The summed E-state index contributed by atoms with van der Waals surface area (Å²) in [6.45, 7) is 2.03. The van der Waals surface area contributed by atoms with E-state index in [-0.39, 0.29) is 0 Å². The van der Waals surface area contributed by atoms with Gasteiger partial charge in [0.05, 0.1) is 5.69 Å². The van der Waals surface area contributed by atoms with E-state index in [1.807, 2.05) is 18.7 Å². The highest BCUT2D eigenvalue weighted by Crippen LogP contribution is 2.30. The van der Waals surface area contributed by atoms with Gasteiger partial charge in [0.15, 0.2) is 0 Å². The lowest BCUT2D eigenvalue weighted by Gasteiger charge is -2.33. The molecule has 0 aliphatic heterocycles.